The molecular formula is C27H27F4N5O2. The molecule has 11 heteroatoms. The number of aryl methyl sites for hydroxylation is 1. The molecular weight excluding hydrogens is 502 g/mol. The molecule has 200 valence electrons. The highest BCUT2D eigenvalue weighted by Crippen LogP contribution is 2.47. The molecule has 2 aliphatic heterocycles. The molecule has 6 rings (SSSR count). The number of nitrogens with zero attached hydrogens (tertiary/aromatic N) is 4. The summed E-state index contributed by atoms with van der Waals surface area (Å²) >= 11 is 0. The number of amides is 1. The highest BCUT2D eigenvalue weighted by Gasteiger charge is 2.51. The number of ether oxygens (including phenoxy) is 1. The van der Waals surface area contributed by atoms with E-state index >= 15 is 4.39 Å². The Kier molecular flexibility index (Phi) is 5.84. The number of rotatable bonds is 7. The third-order valence-electron chi connectivity index (χ3n) is 7.99. The highest BCUT2D eigenvalue weighted by atomic mass is 19.4. The number of halogens is 4. The van der Waals surface area contributed by atoms with Crippen LogP contribution in [0.4, 0.5) is 23.2 Å². The minimum atomic E-state index is -4.64. The second kappa shape index (κ2) is 8.88. The fraction of sp³-hybridized carbons (Fsp3) is 0.444. The molecule has 3 heterocycles. The number of carbonyl (C=O) groups excluding carboxylic acids is 1. The van der Waals surface area contributed by atoms with Crippen molar-refractivity contribution in [3.05, 3.63) is 76.4 Å². The van der Waals surface area contributed by atoms with Crippen molar-refractivity contribution in [1.82, 2.24) is 14.8 Å². The van der Waals surface area contributed by atoms with E-state index in [1.54, 1.807) is 31.3 Å². The summed E-state index contributed by atoms with van der Waals surface area (Å²) in [6, 6.07) is 8.74. The Morgan fingerprint density at radius 3 is 2.58 bits per heavy atom. The zero-order valence-corrected chi connectivity index (χ0v) is 20.7. The lowest BCUT2D eigenvalue weighted by atomic mass is 9.74. The number of alkyl halides is 4. The van der Waals surface area contributed by atoms with Crippen molar-refractivity contribution in [2.75, 3.05) is 18.1 Å². The van der Waals surface area contributed by atoms with E-state index in [0.29, 0.717) is 29.2 Å². The normalized spacial score (nSPS) is 20.3. The Bertz CT molecular complexity index is 1400. The first-order valence-electron chi connectivity index (χ1n) is 12.6. The van der Waals surface area contributed by atoms with Crippen molar-refractivity contribution in [2.24, 2.45) is 18.7 Å². The molecule has 2 fully saturated rings. The topological polar surface area (TPSA) is 86.3 Å². The van der Waals surface area contributed by atoms with Crippen LogP contribution in [0.15, 0.2) is 42.7 Å². The summed E-state index contributed by atoms with van der Waals surface area (Å²) < 4.78 is 65.0. The highest BCUT2D eigenvalue weighted by molar-refractivity contribution is 6.10. The Morgan fingerprint density at radius 2 is 1.97 bits per heavy atom. The minimum Gasteiger partial charge on any atom is -0.379 e. The van der Waals surface area contributed by atoms with Crippen LogP contribution in [0.3, 0.4) is 0 Å². The van der Waals surface area contributed by atoms with E-state index in [9.17, 15) is 18.0 Å². The smallest absolute Gasteiger partial charge is 0.379 e. The monoisotopic (exact) mass is 529 g/mol. The number of benzene rings is 2. The molecule has 0 radical (unpaired) electrons. The van der Waals surface area contributed by atoms with Gasteiger partial charge in [0.2, 0.25) is 0 Å². The lowest BCUT2D eigenvalue weighted by Crippen LogP contribution is -2.50. The van der Waals surface area contributed by atoms with E-state index < -0.39 is 35.3 Å². The SMILES string of the molecule is Cn1cnnc1[C@H](F)C1(c2cccc(N3Cc4c(cc([C@H](N)CC5CC5)cc4C(F)(F)F)C3=O)c2)COC1. The van der Waals surface area contributed by atoms with Crippen molar-refractivity contribution < 1.29 is 27.1 Å². The molecule has 7 nitrogen and oxygen atoms in total. The fourth-order valence-electron chi connectivity index (χ4n) is 5.49. The van der Waals surface area contributed by atoms with Crippen molar-refractivity contribution in [3.63, 3.8) is 0 Å². The first-order chi connectivity index (χ1) is 18.1. The third-order valence-corrected chi connectivity index (χ3v) is 7.99. The lowest BCUT2D eigenvalue weighted by Gasteiger charge is -2.43. The maximum atomic E-state index is 15.8. The van der Waals surface area contributed by atoms with E-state index in [2.05, 4.69) is 10.2 Å². The maximum Gasteiger partial charge on any atom is 0.416 e. The van der Waals surface area contributed by atoms with Crippen molar-refractivity contribution >= 4 is 11.6 Å². The van der Waals surface area contributed by atoms with Crippen LogP contribution in [0.5, 0.6) is 0 Å². The predicted molar refractivity (Wildman–Crippen MR) is 130 cm³/mol. The number of fused-ring (bicyclic) bond motifs is 1. The molecule has 1 amide bonds. The summed E-state index contributed by atoms with van der Waals surface area (Å²) in [7, 11) is 1.65. The second-order valence-electron chi connectivity index (χ2n) is 10.6. The van der Waals surface area contributed by atoms with Gasteiger partial charge in [-0.2, -0.15) is 13.2 Å². The van der Waals surface area contributed by atoms with Crippen molar-refractivity contribution in [1.29, 1.82) is 0 Å². The largest absolute Gasteiger partial charge is 0.416 e. The minimum absolute atomic E-state index is 0.00983. The number of anilines is 1. The van der Waals surface area contributed by atoms with Gasteiger partial charge in [0.1, 0.15) is 6.33 Å². The summed E-state index contributed by atoms with van der Waals surface area (Å²) in [6.45, 7) is -0.0469. The van der Waals surface area contributed by atoms with Crippen molar-refractivity contribution in [2.45, 2.75) is 49.6 Å². The van der Waals surface area contributed by atoms with Gasteiger partial charge in [-0.1, -0.05) is 25.0 Å². The first-order valence-corrected chi connectivity index (χ1v) is 12.6. The lowest BCUT2D eigenvalue weighted by molar-refractivity contribution is -0.138. The van der Waals surface area contributed by atoms with E-state index in [1.807, 2.05) is 0 Å². The molecule has 0 spiro atoms. The van der Waals surface area contributed by atoms with Crippen LogP contribution in [0.1, 0.15) is 69.9 Å². The number of aromatic nitrogens is 3. The molecule has 1 saturated carbocycles. The third kappa shape index (κ3) is 4.08. The standard InChI is InChI=1S/C27H27F4N5O2/c1-35-14-33-34-24(35)23(28)26(12-38-13-26)17-3-2-4-18(10-17)36-11-20-19(25(36)37)8-16(9-21(20)27(29,30)31)22(32)7-15-5-6-15/h2-4,8-10,14-15,22-23H,5-7,11-13,32H2,1H3/t22-,23+/m1/s1. The summed E-state index contributed by atoms with van der Waals surface area (Å²) in [5.41, 5.74) is 5.59. The number of carbonyl (C=O) groups is 1. The Labute approximate surface area is 216 Å². The van der Waals surface area contributed by atoms with E-state index in [4.69, 9.17) is 10.5 Å². The molecule has 2 atom stereocenters. The van der Waals surface area contributed by atoms with Crippen molar-refractivity contribution in [3.8, 4) is 0 Å². The van der Waals surface area contributed by atoms with Crippen LogP contribution in [-0.4, -0.2) is 33.9 Å². The van der Waals surface area contributed by atoms with E-state index in [0.717, 1.165) is 18.9 Å². The van der Waals surface area contributed by atoms with Gasteiger partial charge in [0, 0.05) is 24.3 Å². The van der Waals surface area contributed by atoms with Crippen LogP contribution in [-0.2, 0) is 29.9 Å². The van der Waals surface area contributed by atoms with Crippen LogP contribution in [0.2, 0.25) is 0 Å². The summed E-state index contributed by atoms with van der Waals surface area (Å²) in [6.07, 6.45) is -2.11. The molecule has 0 unspecified atom stereocenters. The fourth-order valence-corrected chi connectivity index (χ4v) is 5.49. The molecule has 1 aromatic heterocycles. The average molecular weight is 530 g/mol. The van der Waals surface area contributed by atoms with E-state index in [1.165, 1.54) is 21.9 Å². The van der Waals surface area contributed by atoms with Gasteiger partial charge in [-0.05, 0) is 53.3 Å². The molecule has 0 bridgehead atoms. The number of hydrogen-bond donors (Lipinski definition) is 1. The molecule has 1 aliphatic carbocycles. The predicted octanol–water partition coefficient (Wildman–Crippen LogP) is 4.77. The second-order valence-corrected chi connectivity index (χ2v) is 10.6. The molecule has 3 aliphatic rings. The quantitative estimate of drug-likeness (QED) is 0.446. The van der Waals surface area contributed by atoms with Gasteiger partial charge in [-0.3, -0.25) is 4.79 Å². The van der Waals surface area contributed by atoms with Crippen LogP contribution < -0.4 is 10.6 Å². The molecule has 1 saturated heterocycles. The van der Waals surface area contributed by atoms with Gasteiger partial charge in [-0.25, -0.2) is 4.39 Å². The number of hydrogen-bond acceptors (Lipinski definition) is 5. The van der Waals surface area contributed by atoms with Gasteiger partial charge < -0.3 is 19.9 Å². The molecule has 2 N–H and O–H groups in total. The zero-order valence-electron chi connectivity index (χ0n) is 20.7. The average Bonchev–Trinajstić information content (AvgIpc) is 3.46. The van der Waals surface area contributed by atoms with Gasteiger partial charge in [0.25, 0.3) is 5.91 Å². The van der Waals surface area contributed by atoms with Crippen LogP contribution in [0.25, 0.3) is 0 Å². The van der Waals surface area contributed by atoms with Gasteiger partial charge in [0.15, 0.2) is 12.0 Å². The maximum absolute atomic E-state index is 15.8. The Morgan fingerprint density at radius 1 is 1.21 bits per heavy atom. The Balaban J connectivity index is 1.35. The molecule has 3 aromatic rings. The van der Waals surface area contributed by atoms with Gasteiger partial charge >= 0.3 is 6.18 Å². The van der Waals surface area contributed by atoms with Crippen LogP contribution in [0, 0.1) is 5.92 Å². The summed E-state index contributed by atoms with van der Waals surface area (Å²) in [5.74, 6) is 0.0339. The molecule has 2 aromatic carbocycles. The number of nitrogens with two attached hydrogens (primary N) is 1. The van der Waals surface area contributed by atoms with Crippen LogP contribution >= 0.6 is 0 Å². The molecule has 38 heavy (non-hydrogen) atoms. The van der Waals surface area contributed by atoms with Gasteiger partial charge in [0.05, 0.1) is 30.7 Å². The Hall–Kier alpha value is -3.31. The first kappa shape index (κ1) is 25.0. The summed E-state index contributed by atoms with van der Waals surface area (Å²) in [5, 5.41) is 7.67. The zero-order chi connectivity index (χ0) is 26.8. The van der Waals surface area contributed by atoms with Gasteiger partial charge in [-0.15, -0.1) is 10.2 Å². The summed E-state index contributed by atoms with van der Waals surface area (Å²) in [4.78, 5) is 14.8. The van der Waals surface area contributed by atoms with E-state index in [-0.39, 0.29) is 36.7 Å².